The number of carbonyl (C=O) groups excluding carboxylic acids is 2. The van der Waals surface area contributed by atoms with Gasteiger partial charge in [0.2, 0.25) is 5.78 Å². The van der Waals surface area contributed by atoms with Crippen LogP contribution in [0.5, 0.6) is 0 Å². The lowest BCUT2D eigenvalue weighted by Crippen LogP contribution is -2.12. The molecule has 0 bridgehead atoms. The molecule has 0 saturated carbocycles. The van der Waals surface area contributed by atoms with Crippen molar-refractivity contribution in [1.82, 2.24) is 0 Å². The Morgan fingerprint density at radius 3 is 2.53 bits per heavy atom. The highest BCUT2D eigenvalue weighted by Crippen LogP contribution is 2.21. The molecular formula is C10H8Cl2O3. The van der Waals surface area contributed by atoms with Crippen molar-refractivity contribution in [2.45, 2.75) is 6.92 Å². The Morgan fingerprint density at radius 2 is 2.00 bits per heavy atom. The lowest BCUT2D eigenvalue weighted by atomic mass is 10.1. The zero-order valence-electron chi connectivity index (χ0n) is 7.92. The summed E-state index contributed by atoms with van der Waals surface area (Å²) in [5.41, 5.74) is 0.294. The predicted octanol–water partition coefficient (Wildman–Crippen LogP) is 2.74. The summed E-state index contributed by atoms with van der Waals surface area (Å²) in [6, 6.07) is 4.51. The number of halogens is 2. The third-order valence-electron chi connectivity index (χ3n) is 1.64. The first kappa shape index (κ1) is 12.0. The standard InChI is InChI=1S/C10H8Cl2O3/c1-6(13)15-5-10(14)8-3-2-7(11)4-9(8)12/h2-4H,5H2,1H3. The largest absolute Gasteiger partial charge is 0.457 e. The van der Waals surface area contributed by atoms with Crippen LogP contribution >= 0.6 is 23.2 Å². The van der Waals surface area contributed by atoms with E-state index in [1.165, 1.54) is 19.1 Å². The Morgan fingerprint density at radius 1 is 1.33 bits per heavy atom. The van der Waals surface area contributed by atoms with Gasteiger partial charge in [0.05, 0.1) is 5.02 Å². The molecule has 5 heteroatoms. The fraction of sp³-hybridized carbons (Fsp3) is 0.200. The van der Waals surface area contributed by atoms with Crippen LogP contribution in [0.2, 0.25) is 10.0 Å². The molecule has 0 N–H and O–H groups in total. The molecule has 0 spiro atoms. The number of benzene rings is 1. The molecule has 0 unspecified atom stereocenters. The number of ether oxygens (including phenoxy) is 1. The maximum atomic E-state index is 11.5. The second-order valence-electron chi connectivity index (χ2n) is 2.83. The van der Waals surface area contributed by atoms with E-state index in [0.29, 0.717) is 10.6 Å². The number of esters is 1. The Hall–Kier alpha value is -1.06. The van der Waals surface area contributed by atoms with Gasteiger partial charge >= 0.3 is 5.97 Å². The molecule has 0 fully saturated rings. The molecule has 0 atom stereocenters. The molecule has 0 heterocycles. The van der Waals surface area contributed by atoms with Crippen molar-refractivity contribution >= 4 is 35.0 Å². The van der Waals surface area contributed by atoms with E-state index >= 15 is 0 Å². The summed E-state index contributed by atoms with van der Waals surface area (Å²) >= 11 is 11.5. The third kappa shape index (κ3) is 3.53. The maximum Gasteiger partial charge on any atom is 0.303 e. The number of rotatable bonds is 3. The minimum atomic E-state index is -0.506. The lowest BCUT2D eigenvalue weighted by Gasteiger charge is -2.03. The van der Waals surface area contributed by atoms with Crippen LogP contribution in [0.4, 0.5) is 0 Å². The van der Waals surface area contributed by atoms with Crippen molar-refractivity contribution in [2.24, 2.45) is 0 Å². The van der Waals surface area contributed by atoms with Gasteiger partial charge in [-0.15, -0.1) is 0 Å². The van der Waals surface area contributed by atoms with Gasteiger partial charge in [0.25, 0.3) is 0 Å². The average molecular weight is 247 g/mol. The molecule has 1 aromatic carbocycles. The fourth-order valence-electron chi connectivity index (χ4n) is 0.961. The number of carbonyl (C=O) groups is 2. The Balaban J connectivity index is 2.78. The van der Waals surface area contributed by atoms with Crippen molar-refractivity contribution in [3.05, 3.63) is 33.8 Å². The number of Topliss-reactive ketones (excluding diaryl/α,β-unsaturated/α-hetero) is 1. The minimum absolute atomic E-state index is 0.250. The molecule has 15 heavy (non-hydrogen) atoms. The molecule has 0 radical (unpaired) electrons. The van der Waals surface area contributed by atoms with Gasteiger partial charge in [0.15, 0.2) is 6.61 Å². The van der Waals surface area contributed by atoms with Gasteiger partial charge in [0, 0.05) is 17.5 Å². The van der Waals surface area contributed by atoms with Gasteiger partial charge in [-0.1, -0.05) is 23.2 Å². The van der Waals surface area contributed by atoms with E-state index in [9.17, 15) is 9.59 Å². The van der Waals surface area contributed by atoms with E-state index in [1.54, 1.807) is 6.07 Å². The molecule has 0 saturated heterocycles. The van der Waals surface area contributed by atoms with Crippen LogP contribution < -0.4 is 0 Å². The van der Waals surface area contributed by atoms with Gasteiger partial charge in [-0.05, 0) is 18.2 Å². The van der Waals surface area contributed by atoms with Gasteiger partial charge < -0.3 is 4.74 Å². The number of hydrogen-bond acceptors (Lipinski definition) is 3. The summed E-state index contributed by atoms with van der Waals surface area (Å²) in [7, 11) is 0. The minimum Gasteiger partial charge on any atom is -0.457 e. The first-order valence-electron chi connectivity index (χ1n) is 4.12. The van der Waals surface area contributed by atoms with Crippen LogP contribution in [0.1, 0.15) is 17.3 Å². The number of hydrogen-bond donors (Lipinski definition) is 0. The predicted molar refractivity (Wildman–Crippen MR) is 57.4 cm³/mol. The number of ketones is 1. The molecule has 1 rings (SSSR count). The summed E-state index contributed by atoms with van der Waals surface area (Å²) in [5.74, 6) is -0.861. The van der Waals surface area contributed by atoms with E-state index < -0.39 is 5.97 Å². The van der Waals surface area contributed by atoms with Crippen molar-refractivity contribution < 1.29 is 14.3 Å². The van der Waals surface area contributed by atoms with Gasteiger partial charge in [-0.3, -0.25) is 9.59 Å². The molecule has 80 valence electrons. The van der Waals surface area contributed by atoms with Crippen LogP contribution in [0, 0.1) is 0 Å². The fourth-order valence-corrected chi connectivity index (χ4v) is 1.47. The lowest BCUT2D eigenvalue weighted by molar-refractivity contribution is -0.139. The molecule has 0 aliphatic carbocycles. The van der Waals surface area contributed by atoms with E-state index in [4.69, 9.17) is 23.2 Å². The highest BCUT2D eigenvalue weighted by atomic mass is 35.5. The zero-order chi connectivity index (χ0) is 11.4. The van der Waals surface area contributed by atoms with Crippen LogP contribution in [-0.2, 0) is 9.53 Å². The summed E-state index contributed by atoms with van der Waals surface area (Å²) in [6.07, 6.45) is 0. The molecular weight excluding hydrogens is 239 g/mol. The van der Waals surface area contributed by atoms with Crippen molar-refractivity contribution in [3.8, 4) is 0 Å². The average Bonchev–Trinajstić information content (AvgIpc) is 2.14. The van der Waals surface area contributed by atoms with Crippen LogP contribution in [-0.4, -0.2) is 18.4 Å². The highest BCUT2D eigenvalue weighted by Gasteiger charge is 2.11. The molecule has 0 aromatic heterocycles. The van der Waals surface area contributed by atoms with E-state index in [0.717, 1.165) is 0 Å². The Bertz CT molecular complexity index is 402. The topological polar surface area (TPSA) is 43.4 Å². The Kier molecular flexibility index (Phi) is 4.12. The second kappa shape index (κ2) is 5.14. The first-order chi connectivity index (χ1) is 7.00. The van der Waals surface area contributed by atoms with Crippen LogP contribution in [0.3, 0.4) is 0 Å². The summed E-state index contributed by atoms with van der Waals surface area (Å²) in [4.78, 5) is 22.0. The second-order valence-corrected chi connectivity index (χ2v) is 3.67. The van der Waals surface area contributed by atoms with Crippen LogP contribution in [0.15, 0.2) is 18.2 Å². The molecule has 0 aliphatic heterocycles. The summed E-state index contributed by atoms with van der Waals surface area (Å²) in [6.45, 7) is 0.924. The van der Waals surface area contributed by atoms with Crippen LogP contribution in [0.25, 0.3) is 0 Å². The maximum absolute atomic E-state index is 11.5. The SMILES string of the molecule is CC(=O)OCC(=O)c1ccc(Cl)cc1Cl. The summed E-state index contributed by atoms with van der Waals surface area (Å²) in [5, 5.41) is 0.698. The molecule has 3 nitrogen and oxygen atoms in total. The monoisotopic (exact) mass is 246 g/mol. The molecule has 0 amide bonds. The van der Waals surface area contributed by atoms with E-state index in [1.807, 2.05) is 0 Å². The first-order valence-corrected chi connectivity index (χ1v) is 4.88. The summed E-state index contributed by atoms with van der Waals surface area (Å²) < 4.78 is 4.56. The Labute approximate surface area is 96.9 Å². The molecule has 0 aliphatic rings. The van der Waals surface area contributed by atoms with Crippen molar-refractivity contribution in [3.63, 3.8) is 0 Å². The zero-order valence-corrected chi connectivity index (χ0v) is 9.43. The quantitative estimate of drug-likeness (QED) is 0.609. The van der Waals surface area contributed by atoms with E-state index in [-0.39, 0.29) is 17.4 Å². The van der Waals surface area contributed by atoms with E-state index in [2.05, 4.69) is 4.74 Å². The smallest absolute Gasteiger partial charge is 0.303 e. The normalized spacial score (nSPS) is 9.80. The highest BCUT2D eigenvalue weighted by molar-refractivity contribution is 6.36. The van der Waals surface area contributed by atoms with Gasteiger partial charge in [-0.25, -0.2) is 0 Å². The van der Waals surface area contributed by atoms with Gasteiger partial charge in [0.1, 0.15) is 0 Å². The van der Waals surface area contributed by atoms with Gasteiger partial charge in [-0.2, -0.15) is 0 Å². The van der Waals surface area contributed by atoms with Crippen molar-refractivity contribution in [1.29, 1.82) is 0 Å². The van der Waals surface area contributed by atoms with Crippen molar-refractivity contribution in [2.75, 3.05) is 6.61 Å². The third-order valence-corrected chi connectivity index (χ3v) is 2.19. The molecule has 1 aromatic rings.